The Morgan fingerprint density at radius 3 is 2.28 bits per heavy atom. The number of hydrogen-bond acceptors (Lipinski definition) is 2. The summed E-state index contributed by atoms with van der Waals surface area (Å²) in [4.78, 5) is 3.64. The van der Waals surface area contributed by atoms with Crippen molar-refractivity contribution in [1.29, 1.82) is 0 Å². The molecule has 1 aromatic heterocycles. The summed E-state index contributed by atoms with van der Waals surface area (Å²) in [5, 5.41) is 0. The highest BCUT2D eigenvalue weighted by molar-refractivity contribution is 5.28. The molecule has 2 rings (SSSR count). The van der Waals surface area contributed by atoms with E-state index in [1.54, 1.807) is 12.3 Å². The molecule has 0 amide bonds. The van der Waals surface area contributed by atoms with Crippen molar-refractivity contribution >= 4 is 0 Å². The van der Waals surface area contributed by atoms with E-state index in [2.05, 4.69) is 17.1 Å². The number of pyridine rings is 1. The first-order valence-electron chi connectivity index (χ1n) is 6.10. The minimum absolute atomic E-state index is 0.431. The van der Waals surface area contributed by atoms with Crippen molar-refractivity contribution in [3.05, 3.63) is 59.7 Å². The topological polar surface area (TPSA) is 22.1 Å². The molecule has 1 aromatic carbocycles. The lowest BCUT2D eigenvalue weighted by Gasteiger charge is -2.05. The van der Waals surface area contributed by atoms with Crippen molar-refractivity contribution in [1.82, 2.24) is 4.98 Å². The highest BCUT2D eigenvalue weighted by Crippen LogP contribution is 2.14. The summed E-state index contributed by atoms with van der Waals surface area (Å²) in [5.74, 6) is 0.463. The van der Waals surface area contributed by atoms with Gasteiger partial charge in [0, 0.05) is 6.20 Å². The van der Waals surface area contributed by atoms with Crippen molar-refractivity contribution < 1.29 is 9.13 Å². The fraction of sp³-hybridized carbons (Fsp3) is 0.267. The Kier molecular flexibility index (Phi) is 4.29. The summed E-state index contributed by atoms with van der Waals surface area (Å²) >= 11 is 0. The third-order valence-electron chi connectivity index (χ3n) is 2.73. The molecule has 18 heavy (non-hydrogen) atoms. The van der Waals surface area contributed by atoms with E-state index in [1.807, 2.05) is 19.1 Å². The molecule has 2 nitrogen and oxygen atoms in total. The molecule has 0 bridgehead atoms. The van der Waals surface area contributed by atoms with Gasteiger partial charge in [0.05, 0.1) is 6.61 Å². The second-order valence-electron chi connectivity index (χ2n) is 4.07. The van der Waals surface area contributed by atoms with E-state index in [0.29, 0.717) is 6.61 Å². The lowest BCUT2D eigenvalue weighted by atomic mass is 10.1. The quantitative estimate of drug-likeness (QED) is 0.753. The van der Waals surface area contributed by atoms with Crippen LogP contribution in [0.25, 0.3) is 0 Å². The van der Waals surface area contributed by atoms with Crippen LogP contribution >= 0.6 is 0 Å². The minimum atomic E-state index is -0.431. The molecule has 0 saturated carbocycles. The number of aromatic nitrogens is 1. The lowest BCUT2D eigenvalue weighted by Crippen LogP contribution is -1.94. The third kappa shape index (κ3) is 3.55. The molecular weight excluding hydrogens is 229 g/mol. The predicted molar refractivity (Wildman–Crippen MR) is 69.2 cm³/mol. The highest BCUT2D eigenvalue weighted by atomic mass is 19.1. The Bertz CT molecular complexity index is 479. The first kappa shape index (κ1) is 12.6. The Hall–Kier alpha value is -1.90. The fourth-order valence-corrected chi connectivity index (χ4v) is 1.76. The average molecular weight is 245 g/mol. The number of ether oxygens (including phenoxy) is 1. The maximum absolute atomic E-state index is 12.6. The molecule has 94 valence electrons. The van der Waals surface area contributed by atoms with Crippen molar-refractivity contribution in [2.45, 2.75) is 19.8 Å². The zero-order valence-corrected chi connectivity index (χ0v) is 10.4. The van der Waals surface area contributed by atoms with Gasteiger partial charge in [0.15, 0.2) is 0 Å². The van der Waals surface area contributed by atoms with Crippen LogP contribution in [0.2, 0.25) is 0 Å². The average Bonchev–Trinajstić information content (AvgIpc) is 2.40. The zero-order valence-electron chi connectivity index (χ0n) is 10.4. The van der Waals surface area contributed by atoms with Crippen LogP contribution in [0.1, 0.15) is 18.1 Å². The predicted octanol–water partition coefficient (Wildman–Crippen LogP) is 3.40. The Balaban J connectivity index is 1.91. The second kappa shape index (κ2) is 6.15. The Morgan fingerprint density at radius 1 is 1.00 bits per heavy atom. The monoisotopic (exact) mass is 245 g/mol. The van der Waals surface area contributed by atoms with Crippen LogP contribution in [0.4, 0.5) is 4.39 Å². The van der Waals surface area contributed by atoms with Crippen LogP contribution in [0, 0.1) is 5.95 Å². The summed E-state index contributed by atoms with van der Waals surface area (Å²) < 4.78 is 18.0. The number of nitrogens with zero attached hydrogens (tertiary/aromatic N) is 1. The number of hydrogen-bond donors (Lipinski definition) is 0. The molecule has 0 aliphatic carbocycles. The summed E-state index contributed by atoms with van der Waals surface area (Å²) in [7, 11) is 0. The van der Waals surface area contributed by atoms with Gasteiger partial charge in [-0.25, -0.2) is 4.98 Å². The van der Waals surface area contributed by atoms with Crippen LogP contribution in [0.5, 0.6) is 5.75 Å². The van der Waals surface area contributed by atoms with Gasteiger partial charge < -0.3 is 4.74 Å². The molecule has 0 radical (unpaired) electrons. The number of benzene rings is 1. The van der Waals surface area contributed by atoms with Gasteiger partial charge >= 0.3 is 0 Å². The van der Waals surface area contributed by atoms with E-state index in [0.717, 1.165) is 24.2 Å². The summed E-state index contributed by atoms with van der Waals surface area (Å²) in [6.45, 7) is 2.65. The molecule has 1 heterocycles. The maximum atomic E-state index is 12.6. The van der Waals surface area contributed by atoms with E-state index >= 15 is 0 Å². The van der Waals surface area contributed by atoms with Gasteiger partial charge in [-0.15, -0.1) is 0 Å². The molecule has 0 N–H and O–H groups in total. The van der Waals surface area contributed by atoms with Crippen molar-refractivity contribution in [3.63, 3.8) is 0 Å². The molecular formula is C15H16FNO. The normalized spacial score (nSPS) is 10.3. The molecule has 0 aliphatic heterocycles. The van der Waals surface area contributed by atoms with Gasteiger partial charge in [-0.05, 0) is 49.1 Å². The summed E-state index contributed by atoms with van der Waals surface area (Å²) in [6.07, 6.45) is 3.37. The minimum Gasteiger partial charge on any atom is -0.494 e. The number of rotatable bonds is 5. The van der Waals surface area contributed by atoms with Gasteiger partial charge in [-0.3, -0.25) is 0 Å². The smallest absolute Gasteiger partial charge is 0.212 e. The van der Waals surface area contributed by atoms with Gasteiger partial charge in [0.2, 0.25) is 5.95 Å². The number of halogens is 1. The van der Waals surface area contributed by atoms with E-state index in [-0.39, 0.29) is 0 Å². The van der Waals surface area contributed by atoms with Gasteiger partial charge in [0.25, 0.3) is 0 Å². The van der Waals surface area contributed by atoms with Gasteiger partial charge in [-0.2, -0.15) is 4.39 Å². The van der Waals surface area contributed by atoms with Crippen molar-refractivity contribution in [2.75, 3.05) is 6.61 Å². The molecule has 3 heteroatoms. The van der Waals surface area contributed by atoms with Gasteiger partial charge in [0.1, 0.15) is 5.75 Å². The highest BCUT2D eigenvalue weighted by Gasteiger charge is 1.98. The Labute approximate surface area is 106 Å². The van der Waals surface area contributed by atoms with Crippen LogP contribution in [-0.2, 0) is 12.8 Å². The van der Waals surface area contributed by atoms with Crippen molar-refractivity contribution in [2.24, 2.45) is 0 Å². The summed E-state index contributed by atoms with van der Waals surface area (Å²) in [5.41, 5.74) is 2.29. The summed E-state index contributed by atoms with van der Waals surface area (Å²) in [6, 6.07) is 11.2. The zero-order chi connectivity index (χ0) is 12.8. The molecule has 2 aromatic rings. The Morgan fingerprint density at radius 2 is 1.67 bits per heavy atom. The SMILES string of the molecule is CCOc1ccc(CCc2ccc(F)nc2)cc1. The van der Waals surface area contributed by atoms with Crippen LogP contribution in [0.3, 0.4) is 0 Å². The van der Waals surface area contributed by atoms with E-state index in [4.69, 9.17) is 4.74 Å². The largest absolute Gasteiger partial charge is 0.494 e. The molecule has 0 fully saturated rings. The fourth-order valence-electron chi connectivity index (χ4n) is 1.76. The number of aryl methyl sites for hydroxylation is 2. The van der Waals surface area contributed by atoms with E-state index in [9.17, 15) is 4.39 Å². The molecule has 0 saturated heterocycles. The molecule has 0 spiro atoms. The molecule has 0 unspecified atom stereocenters. The maximum Gasteiger partial charge on any atom is 0.212 e. The standard InChI is InChI=1S/C15H16FNO/c1-2-18-14-8-5-12(6-9-14)3-4-13-7-10-15(16)17-11-13/h5-11H,2-4H2,1H3. The van der Waals surface area contributed by atoms with Crippen LogP contribution in [-0.4, -0.2) is 11.6 Å². The van der Waals surface area contributed by atoms with E-state index in [1.165, 1.54) is 11.6 Å². The van der Waals surface area contributed by atoms with Crippen LogP contribution < -0.4 is 4.74 Å². The van der Waals surface area contributed by atoms with Crippen molar-refractivity contribution in [3.8, 4) is 5.75 Å². The first-order valence-corrected chi connectivity index (χ1v) is 6.10. The van der Waals surface area contributed by atoms with E-state index < -0.39 is 5.95 Å². The first-order chi connectivity index (χ1) is 8.78. The molecule has 0 atom stereocenters. The van der Waals surface area contributed by atoms with Gasteiger partial charge in [-0.1, -0.05) is 18.2 Å². The van der Waals surface area contributed by atoms with Crippen LogP contribution in [0.15, 0.2) is 42.6 Å². The molecule has 0 aliphatic rings. The lowest BCUT2D eigenvalue weighted by molar-refractivity contribution is 0.340. The third-order valence-corrected chi connectivity index (χ3v) is 2.73. The second-order valence-corrected chi connectivity index (χ2v) is 4.07.